The average molecular weight is 1040 g/mol. The van der Waals surface area contributed by atoms with Crippen LogP contribution >= 0.6 is 0 Å². The summed E-state index contributed by atoms with van der Waals surface area (Å²) in [5.41, 5.74) is 0.189. The van der Waals surface area contributed by atoms with E-state index < -0.39 is 128 Å². The molecule has 0 aromatic carbocycles. The molecule has 4 saturated carbocycles. The number of esters is 7. The van der Waals surface area contributed by atoms with Crippen LogP contribution < -0.4 is 0 Å². The average Bonchev–Trinajstić information content (AvgIpc) is 3.75. The summed E-state index contributed by atoms with van der Waals surface area (Å²) < 4.78 is 79.6. The second-order valence-corrected chi connectivity index (χ2v) is 22.9. The molecule has 4 aliphatic carbocycles. The minimum absolute atomic E-state index is 0.0222. The molecule has 0 radical (unpaired) electrons. The van der Waals surface area contributed by atoms with Gasteiger partial charge in [0.15, 0.2) is 55.0 Å². The Balaban J connectivity index is 1.07. The van der Waals surface area contributed by atoms with Crippen molar-refractivity contribution in [2.75, 3.05) is 19.8 Å². The monoisotopic (exact) mass is 1030 g/mol. The van der Waals surface area contributed by atoms with Crippen LogP contribution in [0.25, 0.3) is 0 Å². The van der Waals surface area contributed by atoms with Gasteiger partial charge in [0.1, 0.15) is 25.4 Å². The Hall–Kier alpha value is -3.95. The molecular formula is C53H78O20. The third-order valence-corrected chi connectivity index (χ3v) is 18.1. The van der Waals surface area contributed by atoms with E-state index in [1.54, 1.807) is 0 Å². The normalized spacial score (nSPS) is 44.7. The first-order valence-electron chi connectivity index (χ1n) is 26.5. The molecule has 20 nitrogen and oxygen atoms in total. The first-order valence-corrected chi connectivity index (χ1v) is 26.5. The predicted molar refractivity (Wildman–Crippen MR) is 250 cm³/mol. The molecule has 1 unspecified atom stereocenters. The number of carbonyl (C=O) groups excluding carboxylic acids is 7. The van der Waals surface area contributed by atoms with Gasteiger partial charge in [-0.25, -0.2) is 0 Å². The molecule has 20 heteroatoms. The summed E-state index contributed by atoms with van der Waals surface area (Å²) in [4.78, 5) is 88.3. The number of rotatable bonds is 13. The van der Waals surface area contributed by atoms with Crippen LogP contribution in [-0.2, 0) is 95.1 Å². The van der Waals surface area contributed by atoms with E-state index in [-0.39, 0.29) is 22.9 Å². The maximum absolute atomic E-state index is 13.1. The number of hydrogen-bond acceptors (Lipinski definition) is 20. The molecule has 73 heavy (non-hydrogen) atoms. The van der Waals surface area contributed by atoms with Crippen molar-refractivity contribution in [1.82, 2.24) is 0 Å². The lowest BCUT2D eigenvalue weighted by molar-refractivity contribution is -0.374. The summed E-state index contributed by atoms with van der Waals surface area (Å²) in [6, 6.07) is 0. The highest BCUT2D eigenvalue weighted by Crippen LogP contribution is 2.71. The molecule has 8 fully saturated rings. The highest BCUT2D eigenvalue weighted by Gasteiger charge is 2.69. The topological polar surface area (TPSA) is 239 Å². The molecule has 4 aliphatic heterocycles. The second kappa shape index (κ2) is 22.0. The quantitative estimate of drug-likeness (QED) is 0.127. The molecule has 0 N–H and O–H groups in total. The molecule has 22 atom stereocenters. The van der Waals surface area contributed by atoms with E-state index in [0.29, 0.717) is 48.3 Å². The summed E-state index contributed by atoms with van der Waals surface area (Å²) in [5, 5.41) is 0. The molecule has 8 aliphatic rings. The lowest BCUT2D eigenvalue weighted by Crippen LogP contribution is -2.67. The Morgan fingerprint density at radius 3 is 1.58 bits per heavy atom. The van der Waals surface area contributed by atoms with Crippen molar-refractivity contribution in [2.45, 2.75) is 220 Å². The Morgan fingerprint density at radius 2 is 1.04 bits per heavy atom. The summed E-state index contributed by atoms with van der Waals surface area (Å²) >= 11 is 0. The van der Waals surface area contributed by atoms with E-state index in [9.17, 15) is 33.6 Å². The van der Waals surface area contributed by atoms with Gasteiger partial charge in [-0.2, -0.15) is 0 Å². The fourth-order valence-corrected chi connectivity index (χ4v) is 15.1. The summed E-state index contributed by atoms with van der Waals surface area (Å²) in [5.74, 6) is -2.78. The van der Waals surface area contributed by atoms with E-state index in [1.165, 1.54) is 6.92 Å². The van der Waals surface area contributed by atoms with Gasteiger partial charge in [0.2, 0.25) is 0 Å². The Labute approximate surface area is 427 Å². The first-order chi connectivity index (χ1) is 34.4. The number of carbonyl (C=O) groups is 7. The fraction of sp³-hybridized carbons (Fsp3) is 0.868. The van der Waals surface area contributed by atoms with Crippen LogP contribution in [0.1, 0.15) is 140 Å². The summed E-state index contributed by atoms with van der Waals surface area (Å²) in [7, 11) is 0. The van der Waals surface area contributed by atoms with Gasteiger partial charge in [0.05, 0.1) is 18.8 Å². The van der Waals surface area contributed by atoms with Crippen molar-refractivity contribution >= 4 is 41.8 Å². The molecule has 0 aromatic heterocycles. The van der Waals surface area contributed by atoms with Crippen LogP contribution in [0.4, 0.5) is 0 Å². The Morgan fingerprint density at radius 1 is 0.521 bits per heavy atom. The van der Waals surface area contributed by atoms with Gasteiger partial charge in [0, 0.05) is 60.8 Å². The van der Waals surface area contributed by atoms with Crippen LogP contribution in [0, 0.1) is 52.3 Å². The van der Waals surface area contributed by atoms with Crippen molar-refractivity contribution < 1.29 is 95.1 Å². The minimum atomic E-state index is -1.77. The third-order valence-electron chi connectivity index (χ3n) is 18.1. The first kappa shape index (κ1) is 55.3. The zero-order valence-corrected chi connectivity index (χ0v) is 44.3. The zero-order valence-electron chi connectivity index (χ0n) is 44.3. The predicted octanol–water partition coefficient (Wildman–Crippen LogP) is 5.44. The van der Waals surface area contributed by atoms with E-state index in [4.69, 9.17) is 61.6 Å². The maximum atomic E-state index is 13.1. The smallest absolute Gasteiger partial charge is 0.303 e. The van der Waals surface area contributed by atoms with Crippen molar-refractivity contribution in [2.24, 2.45) is 52.3 Å². The molecule has 4 heterocycles. The van der Waals surface area contributed by atoms with E-state index in [0.717, 1.165) is 99.5 Å². The minimum Gasteiger partial charge on any atom is -0.463 e. The molecular weight excluding hydrogens is 957 g/mol. The van der Waals surface area contributed by atoms with E-state index >= 15 is 0 Å². The van der Waals surface area contributed by atoms with Gasteiger partial charge in [0.25, 0.3) is 0 Å². The zero-order chi connectivity index (χ0) is 52.9. The highest BCUT2D eigenvalue weighted by molar-refractivity contribution is 5.69. The van der Waals surface area contributed by atoms with Crippen LogP contribution in [0.15, 0.2) is 0 Å². The van der Waals surface area contributed by atoms with Crippen molar-refractivity contribution in [3.05, 3.63) is 0 Å². The van der Waals surface area contributed by atoms with Gasteiger partial charge < -0.3 is 61.6 Å². The lowest BCUT2D eigenvalue weighted by Gasteiger charge is -2.61. The highest BCUT2D eigenvalue weighted by atomic mass is 16.8. The number of ether oxygens (including phenoxy) is 13. The van der Waals surface area contributed by atoms with Crippen LogP contribution in [0.5, 0.6) is 0 Å². The van der Waals surface area contributed by atoms with Crippen molar-refractivity contribution in [1.29, 1.82) is 0 Å². The lowest BCUT2D eigenvalue weighted by atomic mass is 9.44. The molecule has 0 aromatic rings. The molecule has 410 valence electrons. The number of hydrogen-bond donors (Lipinski definition) is 0. The van der Waals surface area contributed by atoms with Gasteiger partial charge in [-0.15, -0.1) is 0 Å². The SMILES string of the molecule is CC(=O)OC[C@H]1O[C@@H](O[C@H]2[C@H](O[C@H]3CC[C@@]4(C)C(CC[C@H]5[C@@H]6C[C@@H]7O[C@]8(CC[C@H](C)CO8)[C@@H](C)[C@@H]7[C@@]6(C)CC[C@@H]54)C3)O[C@H](COC(C)=O)[C@@H](OC(C)=O)[C@@H]2OC(C)=O)[C@H](OC(C)=O)[C@@H](OC(C)=O)[C@H]1OC(C)=O. The van der Waals surface area contributed by atoms with Crippen molar-refractivity contribution in [3.63, 3.8) is 0 Å². The summed E-state index contributed by atoms with van der Waals surface area (Å²) in [6.07, 6.45) is -5.78. The molecule has 0 bridgehead atoms. The molecule has 0 amide bonds. The maximum Gasteiger partial charge on any atom is 0.303 e. The largest absolute Gasteiger partial charge is 0.463 e. The summed E-state index contributed by atoms with van der Waals surface area (Å²) in [6.45, 7) is 17.3. The van der Waals surface area contributed by atoms with Crippen molar-refractivity contribution in [3.8, 4) is 0 Å². The van der Waals surface area contributed by atoms with Crippen LogP contribution in [0.2, 0.25) is 0 Å². The standard InChI is InChI=1S/C53H78O20/c1-25-14-19-53(63-22-25)26(2)42-39(73-53)21-38-36-13-12-34-20-35(15-17-51(34,10)37(36)16-18-52(38,42)11)69-49-48(46(67-32(8)59)44(65-30(6)57)40(70-49)23-61-27(3)54)72-50-47(68-33(9)60)45(66-31(7)58)43(64-29(5)56)41(71-50)24-62-28(4)55/h25-26,34-50H,12-24H2,1-11H3/t25-,26-,34?,35-,36+,37-,38-,39-,40+,41+,42-,43-,44+,45-,46-,47+,48+,49+,50-,51-,52-,53+/m0/s1. The molecule has 1 spiro atoms. The van der Waals surface area contributed by atoms with Gasteiger partial charge in [-0.1, -0.05) is 27.7 Å². The second-order valence-electron chi connectivity index (χ2n) is 22.9. The van der Waals surface area contributed by atoms with Crippen LogP contribution in [0.3, 0.4) is 0 Å². The van der Waals surface area contributed by atoms with E-state index in [2.05, 4.69) is 27.7 Å². The number of fused-ring (bicyclic) bond motifs is 7. The Kier molecular flexibility index (Phi) is 16.6. The molecule has 4 saturated heterocycles. The van der Waals surface area contributed by atoms with Gasteiger partial charge in [-0.05, 0) is 104 Å². The van der Waals surface area contributed by atoms with Gasteiger partial charge >= 0.3 is 41.8 Å². The fourth-order valence-electron chi connectivity index (χ4n) is 15.1. The van der Waals surface area contributed by atoms with Gasteiger partial charge in [-0.3, -0.25) is 33.6 Å². The van der Waals surface area contributed by atoms with E-state index in [1.807, 2.05) is 0 Å². The Bertz CT molecular complexity index is 2070. The third kappa shape index (κ3) is 11.3. The molecule has 8 rings (SSSR count). The van der Waals surface area contributed by atoms with Crippen LogP contribution in [-0.4, -0.2) is 141 Å².